The third-order valence-corrected chi connectivity index (χ3v) is 2.94. The monoisotopic (exact) mass is 260 g/mol. The van der Waals surface area contributed by atoms with E-state index < -0.39 is 0 Å². The van der Waals surface area contributed by atoms with E-state index in [1.165, 1.54) is 11.3 Å². The van der Waals surface area contributed by atoms with Crippen LogP contribution in [0.3, 0.4) is 0 Å². The van der Waals surface area contributed by atoms with Crippen LogP contribution in [0.4, 0.5) is 5.13 Å². The first-order valence-electron chi connectivity index (χ1n) is 5.17. The van der Waals surface area contributed by atoms with Crippen molar-refractivity contribution in [2.24, 2.45) is 0 Å². The summed E-state index contributed by atoms with van der Waals surface area (Å²) in [6, 6.07) is 6.81. The second-order valence-corrected chi connectivity index (χ2v) is 4.33. The Morgan fingerprint density at radius 3 is 2.94 bits per heavy atom. The number of carbonyl (C=O) groups is 1. The number of aromatic nitrogens is 1. The van der Waals surface area contributed by atoms with Crippen molar-refractivity contribution in [3.05, 3.63) is 47.9 Å². The topological polar surface area (TPSA) is 68.3 Å². The maximum atomic E-state index is 11.8. The molecule has 0 aliphatic heterocycles. The molecule has 0 aromatic carbocycles. The molecule has 1 amide bonds. The normalized spacial score (nSPS) is 10.4. The zero-order valence-electron chi connectivity index (χ0n) is 9.12. The highest BCUT2D eigenvalue weighted by Gasteiger charge is 2.14. The lowest BCUT2D eigenvalue weighted by atomic mass is 10.3. The molecule has 0 fully saturated rings. The van der Waals surface area contributed by atoms with Gasteiger partial charge in [0, 0.05) is 11.6 Å². The van der Waals surface area contributed by atoms with Gasteiger partial charge >= 0.3 is 0 Å². The standard InChI is InChI=1S/C12H8N2O3S/c15-11(14-12-13-5-7-18-12)10-4-3-9(17-10)8-2-1-6-16-8/h1-7H,(H,13,14,15). The smallest absolute Gasteiger partial charge is 0.293 e. The molecule has 5 nitrogen and oxygen atoms in total. The van der Waals surface area contributed by atoms with E-state index in [0.717, 1.165) is 0 Å². The summed E-state index contributed by atoms with van der Waals surface area (Å²) in [6.07, 6.45) is 3.17. The molecule has 6 heteroatoms. The molecule has 0 saturated heterocycles. The largest absolute Gasteiger partial charge is 0.461 e. The predicted octanol–water partition coefficient (Wildman–Crippen LogP) is 3.25. The molecule has 3 rings (SSSR count). The third-order valence-electron chi connectivity index (χ3n) is 2.25. The van der Waals surface area contributed by atoms with Crippen LogP contribution in [0.15, 0.2) is 50.9 Å². The number of nitrogens with zero attached hydrogens (tertiary/aromatic N) is 1. The average Bonchev–Trinajstić information content (AvgIpc) is 3.11. The molecular formula is C12H8N2O3S. The van der Waals surface area contributed by atoms with Gasteiger partial charge in [-0.3, -0.25) is 10.1 Å². The summed E-state index contributed by atoms with van der Waals surface area (Å²) < 4.78 is 10.6. The Morgan fingerprint density at radius 2 is 2.22 bits per heavy atom. The first kappa shape index (κ1) is 10.8. The van der Waals surface area contributed by atoms with Crippen LogP contribution >= 0.6 is 11.3 Å². The van der Waals surface area contributed by atoms with Crippen LogP contribution in [0.25, 0.3) is 11.5 Å². The van der Waals surface area contributed by atoms with Crippen molar-refractivity contribution in [3.63, 3.8) is 0 Å². The van der Waals surface area contributed by atoms with Gasteiger partial charge in [0.2, 0.25) is 0 Å². The molecule has 3 heterocycles. The van der Waals surface area contributed by atoms with Crippen molar-refractivity contribution < 1.29 is 13.6 Å². The maximum Gasteiger partial charge on any atom is 0.293 e. The quantitative estimate of drug-likeness (QED) is 0.784. The number of nitrogens with one attached hydrogen (secondary N) is 1. The fourth-order valence-corrected chi connectivity index (χ4v) is 1.98. The first-order chi connectivity index (χ1) is 8.83. The van der Waals surface area contributed by atoms with Gasteiger partial charge in [0.05, 0.1) is 6.26 Å². The van der Waals surface area contributed by atoms with Gasteiger partial charge in [-0.25, -0.2) is 4.98 Å². The number of hydrogen-bond acceptors (Lipinski definition) is 5. The Hall–Kier alpha value is -2.34. The lowest BCUT2D eigenvalue weighted by Crippen LogP contribution is -2.10. The average molecular weight is 260 g/mol. The first-order valence-corrected chi connectivity index (χ1v) is 6.05. The van der Waals surface area contributed by atoms with E-state index in [-0.39, 0.29) is 11.7 Å². The molecule has 0 unspecified atom stereocenters. The van der Waals surface area contributed by atoms with E-state index in [9.17, 15) is 4.79 Å². The minimum atomic E-state index is -0.331. The minimum absolute atomic E-state index is 0.219. The Labute approximate surface area is 106 Å². The van der Waals surface area contributed by atoms with Crippen molar-refractivity contribution in [2.45, 2.75) is 0 Å². The number of furan rings is 2. The lowest BCUT2D eigenvalue weighted by Gasteiger charge is -1.97. The second-order valence-electron chi connectivity index (χ2n) is 3.43. The summed E-state index contributed by atoms with van der Waals surface area (Å²) in [5, 5.41) is 4.96. The number of carbonyl (C=O) groups excluding carboxylic acids is 1. The van der Waals surface area contributed by atoms with Crippen molar-refractivity contribution in [3.8, 4) is 11.5 Å². The molecule has 0 aliphatic carbocycles. The zero-order chi connectivity index (χ0) is 12.4. The van der Waals surface area contributed by atoms with E-state index >= 15 is 0 Å². The van der Waals surface area contributed by atoms with Gasteiger partial charge in [-0.1, -0.05) is 0 Å². The fraction of sp³-hybridized carbons (Fsp3) is 0. The lowest BCUT2D eigenvalue weighted by molar-refractivity contribution is 0.0997. The van der Waals surface area contributed by atoms with Crippen LogP contribution < -0.4 is 5.32 Å². The molecule has 1 N–H and O–H groups in total. The molecule has 90 valence electrons. The van der Waals surface area contributed by atoms with Crippen LogP contribution in [-0.2, 0) is 0 Å². The molecule has 0 aliphatic rings. The van der Waals surface area contributed by atoms with Gasteiger partial charge in [0.15, 0.2) is 22.4 Å². The zero-order valence-corrected chi connectivity index (χ0v) is 9.94. The van der Waals surface area contributed by atoms with Gasteiger partial charge < -0.3 is 8.83 Å². The number of hydrogen-bond donors (Lipinski definition) is 1. The van der Waals surface area contributed by atoms with Crippen LogP contribution in [0.5, 0.6) is 0 Å². The van der Waals surface area contributed by atoms with Crippen molar-refractivity contribution >= 4 is 22.4 Å². The van der Waals surface area contributed by atoms with Crippen molar-refractivity contribution in [1.29, 1.82) is 0 Å². The molecule has 18 heavy (non-hydrogen) atoms. The summed E-state index contributed by atoms with van der Waals surface area (Å²) in [7, 11) is 0. The molecule has 3 aromatic heterocycles. The van der Waals surface area contributed by atoms with E-state index in [2.05, 4.69) is 10.3 Å². The van der Waals surface area contributed by atoms with Gasteiger partial charge in [-0.15, -0.1) is 11.3 Å². The molecular weight excluding hydrogens is 252 g/mol. The molecule has 0 atom stereocenters. The van der Waals surface area contributed by atoms with E-state index in [1.54, 1.807) is 42.1 Å². The van der Waals surface area contributed by atoms with Crippen molar-refractivity contribution in [2.75, 3.05) is 5.32 Å². The van der Waals surface area contributed by atoms with Gasteiger partial charge in [0.1, 0.15) is 0 Å². The predicted molar refractivity (Wildman–Crippen MR) is 66.5 cm³/mol. The molecule has 0 spiro atoms. The minimum Gasteiger partial charge on any atom is -0.461 e. The highest BCUT2D eigenvalue weighted by molar-refractivity contribution is 7.13. The summed E-state index contributed by atoms with van der Waals surface area (Å²) in [4.78, 5) is 15.8. The Kier molecular flexibility index (Phi) is 2.70. The Balaban J connectivity index is 1.79. The second kappa shape index (κ2) is 4.50. The number of anilines is 1. The fourth-order valence-electron chi connectivity index (χ4n) is 1.45. The van der Waals surface area contributed by atoms with Gasteiger partial charge in [0.25, 0.3) is 5.91 Å². The van der Waals surface area contributed by atoms with Gasteiger partial charge in [-0.2, -0.15) is 0 Å². The molecule has 0 saturated carbocycles. The summed E-state index contributed by atoms with van der Waals surface area (Å²) in [5.74, 6) is 0.993. The Bertz CT molecular complexity index is 641. The Morgan fingerprint density at radius 1 is 1.28 bits per heavy atom. The van der Waals surface area contributed by atoms with Crippen LogP contribution in [0, 0.1) is 0 Å². The summed E-state index contributed by atoms with van der Waals surface area (Å²) >= 11 is 1.35. The van der Waals surface area contributed by atoms with Crippen LogP contribution in [0.2, 0.25) is 0 Å². The van der Waals surface area contributed by atoms with E-state index in [1.807, 2.05) is 0 Å². The van der Waals surface area contributed by atoms with Gasteiger partial charge in [-0.05, 0) is 24.3 Å². The molecule has 0 bridgehead atoms. The highest BCUT2D eigenvalue weighted by Crippen LogP contribution is 2.23. The van der Waals surface area contributed by atoms with Crippen molar-refractivity contribution in [1.82, 2.24) is 4.98 Å². The maximum absolute atomic E-state index is 11.8. The third kappa shape index (κ3) is 2.05. The van der Waals surface area contributed by atoms with E-state index in [4.69, 9.17) is 8.83 Å². The number of amides is 1. The highest BCUT2D eigenvalue weighted by atomic mass is 32.1. The SMILES string of the molecule is O=C(Nc1nccs1)c1ccc(-c2ccco2)o1. The summed E-state index contributed by atoms with van der Waals surface area (Å²) in [6.45, 7) is 0. The van der Waals surface area contributed by atoms with Crippen LogP contribution in [-0.4, -0.2) is 10.9 Å². The summed E-state index contributed by atoms with van der Waals surface area (Å²) in [5.41, 5.74) is 0. The molecule has 0 radical (unpaired) electrons. The van der Waals surface area contributed by atoms with E-state index in [0.29, 0.717) is 16.7 Å². The van der Waals surface area contributed by atoms with Crippen LogP contribution in [0.1, 0.15) is 10.6 Å². The molecule has 3 aromatic rings. The number of thiazole rings is 1. The number of rotatable bonds is 3.